The second-order valence-corrected chi connectivity index (χ2v) is 5.67. The van der Waals surface area contributed by atoms with Gasteiger partial charge in [-0.25, -0.2) is 0 Å². The fourth-order valence-corrected chi connectivity index (χ4v) is 2.78. The van der Waals surface area contributed by atoms with Crippen molar-refractivity contribution in [3.8, 4) is 0 Å². The Morgan fingerprint density at radius 3 is 2.85 bits per heavy atom. The number of thioether (sulfide) groups is 1. The molecule has 1 heterocycles. The molecule has 1 aromatic rings. The zero-order valence-corrected chi connectivity index (χ0v) is 12.9. The predicted octanol–water partition coefficient (Wildman–Crippen LogP) is 1.75. The maximum atomic E-state index is 12.0. The van der Waals surface area contributed by atoms with Crippen molar-refractivity contribution in [1.82, 2.24) is 10.2 Å². The monoisotopic (exact) mass is 294 g/mol. The Labute approximate surface area is 124 Å². The number of rotatable bonds is 5. The van der Waals surface area contributed by atoms with Crippen LogP contribution in [0.2, 0.25) is 0 Å². The maximum absolute atomic E-state index is 12.0. The van der Waals surface area contributed by atoms with Crippen LogP contribution >= 0.6 is 11.8 Å². The van der Waals surface area contributed by atoms with Gasteiger partial charge in [-0.3, -0.25) is 9.69 Å². The number of hydrogen-bond donors (Lipinski definition) is 1. The molecule has 0 aliphatic carbocycles. The summed E-state index contributed by atoms with van der Waals surface area (Å²) in [5.41, 5.74) is 1.24. The Morgan fingerprint density at radius 1 is 1.45 bits per heavy atom. The van der Waals surface area contributed by atoms with E-state index >= 15 is 0 Å². The molecule has 1 fully saturated rings. The molecule has 5 heteroatoms. The molecular formula is C15H22N2O2S. The number of carbonyl (C=O) groups is 1. The highest BCUT2D eigenvalue weighted by atomic mass is 32.2. The normalized spacial score (nSPS) is 19.8. The summed E-state index contributed by atoms with van der Waals surface area (Å²) < 4.78 is 5.16. The molecule has 1 N–H and O–H groups in total. The summed E-state index contributed by atoms with van der Waals surface area (Å²) in [4.78, 5) is 15.4. The van der Waals surface area contributed by atoms with E-state index in [1.807, 2.05) is 6.92 Å². The summed E-state index contributed by atoms with van der Waals surface area (Å²) in [6.45, 7) is 5.53. The third kappa shape index (κ3) is 3.98. The standard InChI is InChI=1S/C15H22N2O2S/c1-3-19-15(18)14-10-16-8-9-17(14)11-12-4-6-13(20-2)7-5-12/h4-7,14,16H,3,8-11H2,1-2H3. The van der Waals surface area contributed by atoms with E-state index in [-0.39, 0.29) is 12.0 Å². The Kier molecular flexibility index (Phi) is 5.88. The van der Waals surface area contributed by atoms with Crippen LogP contribution in [0.1, 0.15) is 12.5 Å². The van der Waals surface area contributed by atoms with Gasteiger partial charge >= 0.3 is 5.97 Å². The van der Waals surface area contributed by atoms with E-state index in [9.17, 15) is 4.79 Å². The lowest BCUT2D eigenvalue weighted by Crippen LogP contribution is -2.54. The number of ether oxygens (including phenoxy) is 1. The highest BCUT2D eigenvalue weighted by Crippen LogP contribution is 2.17. The predicted molar refractivity (Wildman–Crippen MR) is 81.9 cm³/mol. The zero-order chi connectivity index (χ0) is 14.4. The van der Waals surface area contributed by atoms with Crippen LogP contribution in [0, 0.1) is 0 Å². The number of hydrogen-bond acceptors (Lipinski definition) is 5. The summed E-state index contributed by atoms with van der Waals surface area (Å²) >= 11 is 1.74. The topological polar surface area (TPSA) is 41.6 Å². The van der Waals surface area contributed by atoms with Gasteiger partial charge in [0.2, 0.25) is 0 Å². The van der Waals surface area contributed by atoms with E-state index < -0.39 is 0 Å². The largest absolute Gasteiger partial charge is 0.465 e. The minimum absolute atomic E-state index is 0.125. The van der Waals surface area contributed by atoms with Gasteiger partial charge < -0.3 is 10.1 Å². The Hall–Kier alpha value is -1.04. The number of nitrogens with one attached hydrogen (secondary N) is 1. The zero-order valence-electron chi connectivity index (χ0n) is 12.1. The minimum Gasteiger partial charge on any atom is -0.465 e. The first-order valence-corrected chi connectivity index (χ1v) is 8.21. The molecule has 1 aliphatic rings. The fourth-order valence-electron chi connectivity index (χ4n) is 2.37. The van der Waals surface area contributed by atoms with Crippen molar-refractivity contribution < 1.29 is 9.53 Å². The van der Waals surface area contributed by atoms with Gasteiger partial charge in [0.1, 0.15) is 6.04 Å². The third-order valence-electron chi connectivity index (χ3n) is 3.46. The van der Waals surface area contributed by atoms with Crippen LogP contribution < -0.4 is 5.32 Å². The lowest BCUT2D eigenvalue weighted by atomic mass is 10.1. The molecule has 1 unspecified atom stereocenters. The van der Waals surface area contributed by atoms with Gasteiger partial charge in [-0.05, 0) is 30.9 Å². The molecule has 20 heavy (non-hydrogen) atoms. The van der Waals surface area contributed by atoms with Crippen LogP contribution in [0.5, 0.6) is 0 Å². The summed E-state index contributed by atoms with van der Waals surface area (Å²) in [6, 6.07) is 8.35. The van der Waals surface area contributed by atoms with E-state index in [0.717, 1.165) is 19.6 Å². The van der Waals surface area contributed by atoms with Gasteiger partial charge in [0.15, 0.2) is 0 Å². The second-order valence-electron chi connectivity index (χ2n) is 4.79. The number of piperazine rings is 1. The van der Waals surface area contributed by atoms with Gasteiger partial charge in [0.25, 0.3) is 0 Å². The van der Waals surface area contributed by atoms with Crippen molar-refractivity contribution in [3.63, 3.8) is 0 Å². The maximum Gasteiger partial charge on any atom is 0.324 e. The SMILES string of the molecule is CCOC(=O)C1CNCCN1Cc1ccc(SC)cc1. The second kappa shape index (κ2) is 7.67. The van der Waals surface area contributed by atoms with E-state index in [0.29, 0.717) is 13.2 Å². The van der Waals surface area contributed by atoms with Crippen molar-refractivity contribution in [1.29, 1.82) is 0 Å². The van der Waals surface area contributed by atoms with Crippen molar-refractivity contribution >= 4 is 17.7 Å². The Bertz CT molecular complexity index is 436. The summed E-state index contributed by atoms with van der Waals surface area (Å²) in [5.74, 6) is -0.125. The average molecular weight is 294 g/mol. The van der Waals surface area contributed by atoms with Crippen LogP contribution in [0.3, 0.4) is 0 Å². The molecule has 1 aromatic carbocycles. The van der Waals surface area contributed by atoms with E-state index in [2.05, 4.69) is 40.7 Å². The quantitative estimate of drug-likeness (QED) is 0.662. The highest BCUT2D eigenvalue weighted by molar-refractivity contribution is 7.98. The summed E-state index contributed by atoms with van der Waals surface area (Å²) in [5, 5.41) is 3.26. The van der Waals surface area contributed by atoms with Crippen LogP contribution in [-0.2, 0) is 16.1 Å². The molecule has 0 aromatic heterocycles. The minimum atomic E-state index is -0.177. The van der Waals surface area contributed by atoms with Crippen LogP contribution in [-0.4, -0.2) is 49.4 Å². The summed E-state index contributed by atoms with van der Waals surface area (Å²) in [6.07, 6.45) is 2.07. The Balaban J connectivity index is 2.02. The third-order valence-corrected chi connectivity index (χ3v) is 4.20. The van der Waals surface area contributed by atoms with Crippen LogP contribution in [0.15, 0.2) is 29.2 Å². The summed E-state index contributed by atoms with van der Waals surface area (Å²) in [7, 11) is 0. The van der Waals surface area contributed by atoms with Crippen molar-refractivity contribution in [2.45, 2.75) is 24.4 Å². The van der Waals surface area contributed by atoms with E-state index in [1.54, 1.807) is 11.8 Å². The molecule has 0 spiro atoms. The first-order valence-electron chi connectivity index (χ1n) is 6.99. The van der Waals surface area contributed by atoms with E-state index in [4.69, 9.17) is 4.74 Å². The number of carbonyl (C=O) groups excluding carboxylic acids is 1. The lowest BCUT2D eigenvalue weighted by molar-refractivity contribution is -0.150. The molecule has 1 saturated heterocycles. The molecule has 4 nitrogen and oxygen atoms in total. The van der Waals surface area contributed by atoms with Crippen molar-refractivity contribution in [2.75, 3.05) is 32.5 Å². The highest BCUT2D eigenvalue weighted by Gasteiger charge is 2.29. The molecule has 0 radical (unpaired) electrons. The van der Waals surface area contributed by atoms with Crippen LogP contribution in [0.4, 0.5) is 0 Å². The lowest BCUT2D eigenvalue weighted by Gasteiger charge is -2.34. The first kappa shape index (κ1) is 15.4. The molecular weight excluding hydrogens is 272 g/mol. The van der Waals surface area contributed by atoms with Gasteiger partial charge in [-0.2, -0.15) is 0 Å². The molecule has 0 saturated carbocycles. The van der Waals surface area contributed by atoms with Gasteiger partial charge in [-0.15, -0.1) is 11.8 Å². The Morgan fingerprint density at radius 2 is 2.20 bits per heavy atom. The molecule has 0 amide bonds. The van der Waals surface area contributed by atoms with Gasteiger partial charge in [0.05, 0.1) is 6.61 Å². The molecule has 1 atom stereocenters. The van der Waals surface area contributed by atoms with Gasteiger partial charge in [0, 0.05) is 31.1 Å². The van der Waals surface area contributed by atoms with Crippen molar-refractivity contribution in [2.24, 2.45) is 0 Å². The average Bonchev–Trinajstić information content (AvgIpc) is 2.49. The first-order chi connectivity index (χ1) is 9.74. The van der Waals surface area contributed by atoms with E-state index in [1.165, 1.54) is 10.5 Å². The number of nitrogens with zero attached hydrogens (tertiary/aromatic N) is 1. The smallest absolute Gasteiger partial charge is 0.324 e. The number of benzene rings is 1. The molecule has 0 bridgehead atoms. The fraction of sp³-hybridized carbons (Fsp3) is 0.533. The van der Waals surface area contributed by atoms with Gasteiger partial charge in [-0.1, -0.05) is 12.1 Å². The van der Waals surface area contributed by atoms with Crippen molar-refractivity contribution in [3.05, 3.63) is 29.8 Å². The molecule has 110 valence electrons. The van der Waals surface area contributed by atoms with Crippen LogP contribution in [0.25, 0.3) is 0 Å². The number of esters is 1. The molecule has 2 rings (SSSR count). The molecule has 1 aliphatic heterocycles.